The van der Waals surface area contributed by atoms with Gasteiger partial charge in [0.1, 0.15) is 35.7 Å². The molecule has 4 aliphatic rings. The van der Waals surface area contributed by atoms with E-state index < -0.39 is 58.9 Å². The number of pyridine rings is 1. The van der Waals surface area contributed by atoms with Crippen molar-refractivity contribution in [1.29, 1.82) is 5.26 Å². The number of benzene rings is 3. The van der Waals surface area contributed by atoms with Crippen molar-refractivity contribution < 1.29 is 48.0 Å². The van der Waals surface area contributed by atoms with E-state index in [0.717, 1.165) is 38.9 Å². The minimum Gasteiger partial charge on any atom is -0.508 e. The van der Waals surface area contributed by atoms with Crippen molar-refractivity contribution in [1.82, 2.24) is 40.1 Å². The van der Waals surface area contributed by atoms with E-state index in [0.29, 0.717) is 111 Å². The van der Waals surface area contributed by atoms with Crippen molar-refractivity contribution in [3.63, 3.8) is 0 Å². The van der Waals surface area contributed by atoms with Crippen LogP contribution in [0.25, 0.3) is 44.7 Å². The second-order valence-corrected chi connectivity index (χ2v) is 24.7. The lowest BCUT2D eigenvalue weighted by atomic mass is 9.80. The zero-order chi connectivity index (χ0) is 60.5. The van der Waals surface area contributed by atoms with Gasteiger partial charge in [-0.15, -0.1) is 0 Å². The Morgan fingerprint density at radius 1 is 0.988 bits per heavy atom. The highest BCUT2D eigenvalue weighted by atomic mass is 16.5. The molecule has 0 radical (unpaired) electrons. The molecular formula is C65H80N10O10. The first kappa shape index (κ1) is 60.5. The number of aromatic hydroxyl groups is 1. The predicted molar refractivity (Wildman–Crippen MR) is 320 cm³/mol. The van der Waals surface area contributed by atoms with Gasteiger partial charge in [-0.1, -0.05) is 52.0 Å². The molecule has 6 N–H and O–H groups in total. The first-order valence-corrected chi connectivity index (χ1v) is 29.7. The highest BCUT2D eigenvalue weighted by molar-refractivity contribution is 5.96. The fourth-order valence-electron chi connectivity index (χ4n) is 12.8. The number of amides is 3. The first-order valence-electron chi connectivity index (χ1n) is 29.7. The number of aliphatic hydroxyl groups excluding tert-OH is 1. The number of nitrogens with zero attached hydrogens (tertiary/aromatic N) is 7. The third kappa shape index (κ3) is 12.7. The van der Waals surface area contributed by atoms with Crippen LogP contribution in [0.3, 0.4) is 0 Å². The molecule has 20 nitrogen and oxygen atoms in total. The van der Waals surface area contributed by atoms with Gasteiger partial charge in [0.25, 0.3) is 11.8 Å². The van der Waals surface area contributed by atoms with Gasteiger partial charge in [0.15, 0.2) is 0 Å². The third-order valence-corrected chi connectivity index (χ3v) is 17.7. The highest BCUT2D eigenvalue weighted by Gasteiger charge is 2.43. The molecule has 7 heterocycles. The summed E-state index contributed by atoms with van der Waals surface area (Å²) in [6, 6.07) is 20.0. The topological polar surface area (TPSA) is 264 Å². The maximum absolute atomic E-state index is 15.0. The Morgan fingerprint density at radius 3 is 2.46 bits per heavy atom. The molecule has 6 bridgehead atoms. The zero-order valence-electron chi connectivity index (χ0n) is 50.0. The molecule has 0 saturated carbocycles. The summed E-state index contributed by atoms with van der Waals surface area (Å²) in [5, 5.41) is 36.6. The summed E-state index contributed by atoms with van der Waals surface area (Å²) < 4.78 is 27.0. The Balaban J connectivity index is 1.02. The molecular weight excluding hydrogens is 1080 g/mol. The number of likely N-dealkylation sites (N-methyl/N-ethyl adjacent to an activating group) is 1. The van der Waals surface area contributed by atoms with Gasteiger partial charge in [-0.05, 0) is 129 Å². The highest BCUT2D eigenvalue weighted by Crippen LogP contribution is 2.44. The van der Waals surface area contributed by atoms with Crippen LogP contribution in [0.4, 0.5) is 5.69 Å². The number of hydrogen-bond acceptors (Lipinski definition) is 16. The maximum atomic E-state index is 15.0. The Labute approximate surface area is 496 Å². The number of nitrogen functional groups attached to an aromatic ring is 1. The quantitative estimate of drug-likeness (QED) is 0.0514. The number of rotatable bonds is 14. The number of aryl methyl sites for hydroxylation is 1. The van der Waals surface area contributed by atoms with E-state index in [1.54, 1.807) is 50.8 Å². The van der Waals surface area contributed by atoms with E-state index in [9.17, 15) is 29.9 Å². The van der Waals surface area contributed by atoms with E-state index in [1.165, 1.54) is 9.91 Å². The van der Waals surface area contributed by atoms with Crippen LogP contribution in [-0.4, -0.2) is 141 Å². The summed E-state index contributed by atoms with van der Waals surface area (Å²) in [6.07, 6.45) is 5.20. The number of oxazole rings is 1. The number of piperidine rings is 1. The van der Waals surface area contributed by atoms with E-state index in [-0.39, 0.29) is 49.7 Å². The van der Waals surface area contributed by atoms with Crippen LogP contribution in [0.5, 0.6) is 5.75 Å². The standard InChI is InChI=1S/C65H80N10O10/c1-9-74-54-17-14-42-29-49(54)51(57(74)50-30-44(32-68-55(50)39(4)82-8)60-69-33-47(85-60)34-73-22-19-65(35-66,36-76)20-23-73)31-64(5,6)37-84-63(81)52-11-10-21-75(71-52)61(79)53(27-40-25-43(42)28-46(77)26-40)70-59(78)56(38(2)3)72(7)62(80)58-48(18-24-83-58)41-12-15-45(67)16-13-41/h12-17,25-26,28-30,32-33,38-39,48,52-53,56,58,71,76-77H,9-11,18-24,27,31,34,36-37,67H2,1-8H3,(H,70,78). The molecule has 0 spiro atoms. The normalized spacial score (nSPS) is 21.7. The number of likely N-dealkylation sites (tertiary alicyclic amines) is 1. The molecule has 3 fully saturated rings. The van der Waals surface area contributed by atoms with Crippen molar-refractivity contribution >= 4 is 40.3 Å². The lowest BCUT2D eigenvalue weighted by Crippen LogP contribution is -2.62. The Bertz CT molecular complexity index is 3490. The zero-order valence-corrected chi connectivity index (χ0v) is 50.0. The smallest absolute Gasteiger partial charge is 0.324 e. The minimum atomic E-state index is -1.21. The van der Waals surface area contributed by atoms with Gasteiger partial charge < -0.3 is 49.4 Å². The van der Waals surface area contributed by atoms with Gasteiger partial charge in [0.05, 0.1) is 60.5 Å². The number of carbonyl (C=O) groups is 4. The lowest BCUT2D eigenvalue weighted by Gasteiger charge is -2.37. The van der Waals surface area contributed by atoms with Crippen LogP contribution >= 0.6 is 0 Å². The largest absolute Gasteiger partial charge is 0.508 e. The fraction of sp³-hybridized carbons (Fsp3) is 0.492. The summed E-state index contributed by atoms with van der Waals surface area (Å²) >= 11 is 0. The second-order valence-electron chi connectivity index (χ2n) is 24.7. The number of hydrazine groups is 1. The first-order chi connectivity index (χ1) is 40.7. The van der Waals surface area contributed by atoms with E-state index in [1.807, 2.05) is 51.1 Å². The number of nitriles is 1. The van der Waals surface area contributed by atoms with Gasteiger partial charge >= 0.3 is 5.97 Å². The molecule has 6 aromatic rings. The molecule has 3 aromatic carbocycles. The molecule has 0 aliphatic carbocycles. The van der Waals surface area contributed by atoms with E-state index in [2.05, 4.69) is 59.2 Å². The number of phenols is 1. The van der Waals surface area contributed by atoms with Crippen molar-refractivity contribution in [2.24, 2.45) is 16.7 Å². The summed E-state index contributed by atoms with van der Waals surface area (Å²) in [4.78, 5) is 72.0. The molecule has 4 aliphatic heterocycles. The van der Waals surface area contributed by atoms with Crippen LogP contribution < -0.4 is 16.5 Å². The van der Waals surface area contributed by atoms with Crippen LogP contribution in [0.1, 0.15) is 114 Å². The molecule has 85 heavy (non-hydrogen) atoms. The Kier molecular flexibility index (Phi) is 17.9. The number of aliphatic hydroxyl groups is 1. The van der Waals surface area contributed by atoms with Gasteiger partial charge in [-0.2, -0.15) is 5.26 Å². The van der Waals surface area contributed by atoms with Crippen molar-refractivity contribution in [2.45, 2.75) is 136 Å². The van der Waals surface area contributed by atoms with Crippen LogP contribution in [-0.2, 0) is 59.3 Å². The lowest BCUT2D eigenvalue weighted by molar-refractivity contribution is -0.155. The summed E-state index contributed by atoms with van der Waals surface area (Å²) in [5.41, 5.74) is 16.2. The van der Waals surface area contributed by atoms with Crippen LogP contribution in [0.2, 0.25) is 0 Å². The van der Waals surface area contributed by atoms with Gasteiger partial charge in [0.2, 0.25) is 11.8 Å². The van der Waals surface area contributed by atoms with Gasteiger partial charge in [-0.3, -0.25) is 34.1 Å². The summed E-state index contributed by atoms with van der Waals surface area (Å²) in [7, 11) is 3.24. The molecule has 6 atom stereocenters. The molecule has 10 rings (SSSR count). The summed E-state index contributed by atoms with van der Waals surface area (Å²) in [5.74, 6) is -1.55. The average molecular weight is 1160 g/mol. The number of fused-ring (bicyclic) bond motifs is 6. The number of anilines is 1. The van der Waals surface area contributed by atoms with Gasteiger partial charge in [-0.25, -0.2) is 10.4 Å². The molecule has 20 heteroatoms. The number of esters is 1. The predicted octanol–water partition coefficient (Wildman–Crippen LogP) is 7.84. The number of ether oxygens (including phenoxy) is 3. The number of nitrogens with two attached hydrogens (primary N) is 1. The average Bonchev–Trinajstić information content (AvgIpc) is 1.84. The van der Waals surface area contributed by atoms with Crippen LogP contribution in [0, 0.1) is 28.1 Å². The molecule has 3 saturated heterocycles. The molecule has 450 valence electrons. The Hall–Kier alpha value is -7.67. The third-order valence-electron chi connectivity index (χ3n) is 17.7. The van der Waals surface area contributed by atoms with Crippen molar-refractivity contribution in [3.05, 3.63) is 107 Å². The monoisotopic (exact) mass is 1160 g/mol. The number of nitrogens with one attached hydrogen (secondary N) is 2. The van der Waals surface area contributed by atoms with E-state index in [4.69, 9.17) is 34.3 Å². The number of cyclic esters (lactones) is 1. The summed E-state index contributed by atoms with van der Waals surface area (Å²) in [6.45, 7) is 14.7. The molecule has 6 unspecified atom stereocenters. The second kappa shape index (κ2) is 25.1. The van der Waals surface area contributed by atoms with Gasteiger partial charge in [0, 0.05) is 93.0 Å². The van der Waals surface area contributed by atoms with E-state index >= 15 is 4.79 Å². The number of phenolic OH excluding ortho intramolecular Hbond substituents is 1. The number of aromatic nitrogens is 3. The van der Waals surface area contributed by atoms with Crippen molar-refractivity contribution in [3.8, 4) is 45.7 Å². The number of carbonyl (C=O) groups excluding carboxylic acids is 4. The number of methoxy groups -OCH3 is 1. The minimum absolute atomic E-state index is 0.0349. The molecule has 3 aromatic heterocycles. The maximum Gasteiger partial charge on any atom is 0.324 e. The Morgan fingerprint density at radius 2 is 1.75 bits per heavy atom. The SMILES string of the molecule is CCn1c(-c2cc(-c3ncc(CN4CCC(C#N)(CO)CC4)o3)cnc2C(C)OC)c2c3cc(ccc31)-c1cc(O)cc(c1)CC(NC(=O)C(C(C)C)N(C)C(=O)C1OCCC1c1ccc(N)cc1)C(=O)N1CCCC(N1)C(=O)OCC(C)(C)C2. The van der Waals surface area contributed by atoms with Crippen LogP contribution in [0.15, 0.2) is 83.5 Å². The fourth-order valence-corrected chi connectivity index (χ4v) is 12.8. The number of hydrogen-bond donors (Lipinski definition) is 5. The molecule has 3 amide bonds. The van der Waals surface area contributed by atoms with Crippen molar-refractivity contribution in [2.75, 3.05) is 59.3 Å².